The Hall–Kier alpha value is -1.30. The minimum atomic E-state index is 0.123. The second-order valence-corrected chi connectivity index (χ2v) is 6.50. The lowest BCUT2D eigenvalue weighted by Gasteiger charge is -2.30. The molecule has 0 aliphatic rings. The molecule has 136 valence electrons. The first-order valence-electron chi connectivity index (χ1n) is 8.77. The van der Waals surface area contributed by atoms with Gasteiger partial charge in [0, 0.05) is 58.8 Å². The Morgan fingerprint density at radius 1 is 1.09 bits per heavy atom. The number of carbonyl (C=O) groups excluding carboxylic acids is 1. The zero-order valence-corrected chi connectivity index (χ0v) is 16.1. The molecule has 0 saturated carbocycles. The van der Waals surface area contributed by atoms with E-state index in [0.29, 0.717) is 25.0 Å². The molecule has 0 heterocycles. The molecule has 0 aliphatic heterocycles. The summed E-state index contributed by atoms with van der Waals surface area (Å²) in [6.07, 6.45) is 1.51. The molecule has 0 aromatic carbocycles. The summed E-state index contributed by atoms with van der Waals surface area (Å²) in [6, 6.07) is 1.12. The van der Waals surface area contributed by atoms with E-state index in [9.17, 15) is 4.79 Å². The van der Waals surface area contributed by atoms with Crippen LogP contribution < -0.4 is 10.6 Å². The molecule has 0 aromatic rings. The topological polar surface area (TPSA) is 60.0 Å². The van der Waals surface area contributed by atoms with Gasteiger partial charge >= 0.3 is 0 Å². The minimum absolute atomic E-state index is 0.123. The van der Waals surface area contributed by atoms with E-state index in [0.717, 1.165) is 32.0 Å². The molecule has 0 aromatic heterocycles. The van der Waals surface area contributed by atoms with Crippen LogP contribution in [0.1, 0.15) is 47.5 Å². The van der Waals surface area contributed by atoms with Gasteiger partial charge in [0.15, 0.2) is 5.96 Å². The second kappa shape index (κ2) is 12.2. The number of rotatable bonds is 10. The number of nitrogens with one attached hydrogen (secondary N) is 2. The van der Waals surface area contributed by atoms with Gasteiger partial charge in [0.05, 0.1) is 0 Å². The van der Waals surface area contributed by atoms with Gasteiger partial charge in [-0.3, -0.25) is 14.7 Å². The fraction of sp³-hybridized carbons (Fsp3) is 0.882. The zero-order valence-electron chi connectivity index (χ0n) is 16.1. The lowest BCUT2D eigenvalue weighted by molar-refractivity contribution is -0.128. The minimum Gasteiger partial charge on any atom is -0.357 e. The molecule has 23 heavy (non-hydrogen) atoms. The average Bonchev–Trinajstić information content (AvgIpc) is 2.45. The maximum Gasteiger partial charge on any atom is 0.223 e. The van der Waals surface area contributed by atoms with E-state index in [2.05, 4.69) is 48.2 Å². The highest BCUT2D eigenvalue weighted by atomic mass is 16.2. The van der Waals surface area contributed by atoms with Crippen molar-refractivity contribution in [2.24, 2.45) is 4.99 Å². The summed E-state index contributed by atoms with van der Waals surface area (Å²) in [5.41, 5.74) is 0. The van der Waals surface area contributed by atoms with Crippen LogP contribution in [0.3, 0.4) is 0 Å². The predicted octanol–water partition coefficient (Wildman–Crippen LogP) is 1.53. The van der Waals surface area contributed by atoms with E-state index in [1.807, 2.05) is 6.92 Å². The van der Waals surface area contributed by atoms with E-state index >= 15 is 0 Å². The molecule has 0 unspecified atom stereocenters. The summed E-state index contributed by atoms with van der Waals surface area (Å²) < 4.78 is 0. The van der Waals surface area contributed by atoms with Crippen LogP contribution in [0.4, 0.5) is 0 Å². The molecule has 0 rings (SSSR count). The molecule has 0 fully saturated rings. The van der Waals surface area contributed by atoms with Gasteiger partial charge in [-0.05, 0) is 41.0 Å². The van der Waals surface area contributed by atoms with Crippen molar-refractivity contribution in [3.05, 3.63) is 0 Å². The summed E-state index contributed by atoms with van der Waals surface area (Å²) in [5.74, 6) is 0.914. The van der Waals surface area contributed by atoms with Crippen molar-refractivity contribution in [3.8, 4) is 0 Å². The van der Waals surface area contributed by atoms with Crippen molar-refractivity contribution in [3.63, 3.8) is 0 Å². The highest BCUT2D eigenvalue weighted by Gasteiger charge is 2.12. The molecule has 0 saturated heterocycles. The molecule has 0 bridgehead atoms. The highest BCUT2D eigenvalue weighted by Crippen LogP contribution is 2.05. The first-order chi connectivity index (χ1) is 10.8. The van der Waals surface area contributed by atoms with Crippen LogP contribution in [0.25, 0.3) is 0 Å². The molecule has 6 heteroatoms. The Morgan fingerprint density at radius 2 is 1.70 bits per heavy atom. The lowest BCUT2D eigenvalue weighted by atomic mass is 10.2. The second-order valence-electron chi connectivity index (χ2n) is 6.50. The normalized spacial score (nSPS) is 12.2. The first-order valence-corrected chi connectivity index (χ1v) is 8.77. The largest absolute Gasteiger partial charge is 0.357 e. The number of carbonyl (C=O) groups is 1. The quantitative estimate of drug-likeness (QED) is 0.363. The van der Waals surface area contributed by atoms with Gasteiger partial charge in [-0.15, -0.1) is 0 Å². The maximum atomic E-state index is 11.6. The maximum absolute atomic E-state index is 11.6. The zero-order chi connectivity index (χ0) is 17.8. The van der Waals surface area contributed by atoms with Gasteiger partial charge in [-0.1, -0.05) is 0 Å². The van der Waals surface area contributed by atoms with Crippen LogP contribution in [0.2, 0.25) is 0 Å². The molecule has 2 N–H and O–H groups in total. The van der Waals surface area contributed by atoms with Gasteiger partial charge in [0.1, 0.15) is 0 Å². The SMILES string of the molecule is CCNC(=NCCCN(C(C)C)C(C)C)NCCC(=O)N(C)C. The summed E-state index contributed by atoms with van der Waals surface area (Å²) in [4.78, 5) is 20.2. The Kier molecular flexibility index (Phi) is 11.5. The molecule has 0 aliphatic carbocycles. The highest BCUT2D eigenvalue weighted by molar-refractivity contribution is 5.81. The number of nitrogens with zero attached hydrogens (tertiary/aromatic N) is 3. The predicted molar refractivity (Wildman–Crippen MR) is 98.9 cm³/mol. The molecule has 0 atom stereocenters. The lowest BCUT2D eigenvalue weighted by Crippen LogP contribution is -2.40. The van der Waals surface area contributed by atoms with Crippen molar-refractivity contribution in [1.29, 1.82) is 0 Å². The average molecular weight is 328 g/mol. The van der Waals surface area contributed by atoms with Crippen molar-refractivity contribution < 1.29 is 4.79 Å². The van der Waals surface area contributed by atoms with Crippen molar-refractivity contribution >= 4 is 11.9 Å². The van der Waals surface area contributed by atoms with Crippen LogP contribution in [0, 0.1) is 0 Å². The van der Waals surface area contributed by atoms with Crippen LogP contribution in [0.15, 0.2) is 4.99 Å². The number of amides is 1. The van der Waals surface area contributed by atoms with Crippen molar-refractivity contribution in [2.75, 3.05) is 40.3 Å². The van der Waals surface area contributed by atoms with Crippen molar-refractivity contribution in [1.82, 2.24) is 20.4 Å². The van der Waals surface area contributed by atoms with Crippen LogP contribution in [-0.4, -0.2) is 74.0 Å². The van der Waals surface area contributed by atoms with E-state index in [-0.39, 0.29) is 5.91 Å². The Bertz CT molecular complexity index is 345. The van der Waals surface area contributed by atoms with Gasteiger partial charge in [0.25, 0.3) is 0 Å². The Morgan fingerprint density at radius 3 is 2.17 bits per heavy atom. The van der Waals surface area contributed by atoms with Gasteiger partial charge in [-0.2, -0.15) is 0 Å². The third kappa shape index (κ3) is 10.2. The molecular weight excluding hydrogens is 290 g/mol. The fourth-order valence-electron chi connectivity index (χ4n) is 2.41. The standard InChI is InChI=1S/C17H37N5O/c1-8-18-17(20-12-10-16(23)21(6)7)19-11-9-13-22(14(2)3)15(4)5/h14-15H,8-13H2,1-7H3,(H2,18,19,20). The molecule has 6 nitrogen and oxygen atoms in total. The fourth-order valence-corrected chi connectivity index (χ4v) is 2.41. The number of hydrogen-bond donors (Lipinski definition) is 2. The molecule has 0 spiro atoms. The first kappa shape index (κ1) is 21.7. The number of hydrogen-bond acceptors (Lipinski definition) is 3. The Labute approximate surface area is 142 Å². The number of aliphatic imine (C=N–C) groups is 1. The smallest absolute Gasteiger partial charge is 0.223 e. The van der Waals surface area contributed by atoms with Crippen LogP contribution >= 0.6 is 0 Å². The van der Waals surface area contributed by atoms with Gasteiger partial charge in [0.2, 0.25) is 5.91 Å². The molecular formula is C17H37N5O. The third-order valence-corrected chi connectivity index (χ3v) is 3.65. The van der Waals surface area contributed by atoms with E-state index < -0.39 is 0 Å². The van der Waals surface area contributed by atoms with Gasteiger partial charge in [-0.25, -0.2) is 0 Å². The van der Waals surface area contributed by atoms with Crippen LogP contribution in [-0.2, 0) is 4.79 Å². The summed E-state index contributed by atoms with van der Waals surface area (Å²) >= 11 is 0. The van der Waals surface area contributed by atoms with E-state index in [1.54, 1.807) is 19.0 Å². The third-order valence-electron chi connectivity index (χ3n) is 3.65. The van der Waals surface area contributed by atoms with Crippen LogP contribution in [0.5, 0.6) is 0 Å². The van der Waals surface area contributed by atoms with E-state index in [4.69, 9.17) is 0 Å². The molecule has 0 radical (unpaired) electrons. The Balaban J connectivity index is 4.23. The van der Waals surface area contributed by atoms with E-state index in [1.165, 1.54) is 0 Å². The van der Waals surface area contributed by atoms with Crippen molar-refractivity contribution in [2.45, 2.75) is 59.5 Å². The summed E-state index contributed by atoms with van der Waals surface area (Å²) in [5, 5.41) is 6.44. The molecule has 1 amide bonds. The summed E-state index contributed by atoms with van der Waals surface area (Å²) in [6.45, 7) is 14.2. The van der Waals surface area contributed by atoms with Gasteiger partial charge < -0.3 is 15.5 Å². The summed E-state index contributed by atoms with van der Waals surface area (Å²) in [7, 11) is 3.55. The number of guanidine groups is 1. The monoisotopic (exact) mass is 327 g/mol.